The average Bonchev–Trinajstić information content (AvgIpc) is 1.77. The minimum atomic E-state index is -0.583. The number of Topliss-reactive ketones (excluding diaryl/α,β-unsaturated/α-hetero) is 1. The van der Waals surface area contributed by atoms with E-state index >= 15 is 0 Å². The number of nitro groups is 2. The Hall–Kier alpha value is -7.04. The van der Waals surface area contributed by atoms with Gasteiger partial charge in [0.2, 0.25) is 28.7 Å². The molecule has 460 valence electrons. The molecule has 3 aliphatic rings. The van der Waals surface area contributed by atoms with Gasteiger partial charge in [0.25, 0.3) is 0 Å². The van der Waals surface area contributed by atoms with E-state index in [0.717, 1.165) is 53.0 Å². The van der Waals surface area contributed by atoms with Gasteiger partial charge in [-0.2, -0.15) is 0 Å². The summed E-state index contributed by atoms with van der Waals surface area (Å²) in [6.45, 7) is 12.7. The van der Waals surface area contributed by atoms with Gasteiger partial charge in [-0.1, -0.05) is 11.6 Å². The monoisotopic (exact) mass is 1590 g/mol. The Morgan fingerprint density at radius 3 is 1.63 bits per heavy atom. The highest BCUT2D eigenvalue weighted by molar-refractivity contribution is 9.11. The highest BCUT2D eigenvalue weighted by Crippen LogP contribution is 2.34. The predicted octanol–water partition coefficient (Wildman–Crippen LogP) is 11.7. The van der Waals surface area contributed by atoms with Crippen molar-refractivity contribution in [2.45, 2.75) is 60.3 Å². The van der Waals surface area contributed by atoms with Gasteiger partial charge in [0, 0.05) is 135 Å². The van der Waals surface area contributed by atoms with Gasteiger partial charge in [0.05, 0.1) is 40.5 Å². The summed E-state index contributed by atoms with van der Waals surface area (Å²) in [6.07, 6.45) is 12.0. The fourth-order valence-electron chi connectivity index (χ4n) is 7.90. The second kappa shape index (κ2) is 33.9. The molecular weight excluding hydrogens is 1550 g/mol. The number of hydrogen-bond donors (Lipinski definition) is 3. The van der Waals surface area contributed by atoms with Gasteiger partial charge in [0.15, 0.2) is 11.6 Å². The summed E-state index contributed by atoms with van der Waals surface area (Å²) in [5.74, 6) is 4.11. The lowest BCUT2D eigenvalue weighted by Gasteiger charge is -2.19. The molecule has 10 heterocycles. The largest absolute Gasteiger partial charge is 0.396 e. The molecule has 7 aromatic rings. The lowest BCUT2D eigenvalue weighted by Crippen LogP contribution is -2.34. The number of nitrogen functional groups attached to an aromatic ring is 1. The van der Waals surface area contributed by atoms with Crippen LogP contribution in [0.1, 0.15) is 58.8 Å². The van der Waals surface area contributed by atoms with Crippen molar-refractivity contribution in [1.29, 1.82) is 0 Å². The lowest BCUT2D eigenvalue weighted by atomic mass is 10.1. The standard InChI is InChI=1S/C12H15BrN4O.C11H10BrN5O.C11H11BrN2O2.C7H8BrN3O2.C7H10BrN3.C5H2BrClN2O2/c1-4-17-11(18)6-10(16(2)3)15-9-5-8(13)7-14-12(9)17;1-2-16-10(18)4-9-15-14-6-17(9)8-3-7(12)5-13-11(8)16;1-2-14-10(16)5-9(15)4-7-3-8(12)6-13-11(7)14;1-2-9-7-6(11(12)13)3-5(8)4-10-7;1-2-10-7-6(9)3-5(8)4-11-7;6-3-1-4(9(10)11)5(7)8-2-3/h5,7H,4,6H2,1-3H3;3,5-6H,2,4H2,1H3;3,6H,2,4-5H2,1H3;3-4H,2H2,1H3,(H,9,10);3-4H,2,9H2,1H3,(H,10,11);1-2H. The molecule has 10 rings (SSSR count). The number of carbonyl (C=O) groups excluding carboxylic acids is 4. The van der Waals surface area contributed by atoms with Gasteiger partial charge in [-0.3, -0.25) is 58.7 Å². The number of amides is 3. The maximum absolute atomic E-state index is 12.2. The highest BCUT2D eigenvalue weighted by Gasteiger charge is 2.29. The summed E-state index contributed by atoms with van der Waals surface area (Å²) >= 11 is 24.9. The zero-order chi connectivity index (χ0) is 64.2. The number of carbonyl (C=O) groups is 4. The van der Waals surface area contributed by atoms with Crippen molar-refractivity contribution in [3.05, 3.63) is 144 Å². The van der Waals surface area contributed by atoms with Crippen LogP contribution >= 0.6 is 107 Å². The number of pyridine rings is 6. The molecule has 0 saturated heterocycles. The summed E-state index contributed by atoms with van der Waals surface area (Å²) in [6, 6.07) is 10.2. The van der Waals surface area contributed by atoms with E-state index in [1.54, 1.807) is 50.4 Å². The van der Waals surface area contributed by atoms with Crippen molar-refractivity contribution in [2.75, 3.05) is 77.9 Å². The van der Waals surface area contributed by atoms with Crippen LogP contribution in [0.15, 0.2) is 112 Å². The maximum atomic E-state index is 12.2. The molecule has 0 saturated carbocycles. The maximum Gasteiger partial charge on any atom is 0.312 e. The van der Waals surface area contributed by atoms with Crippen LogP contribution in [-0.2, 0) is 32.0 Å². The van der Waals surface area contributed by atoms with Crippen LogP contribution in [0.4, 0.5) is 51.8 Å². The van der Waals surface area contributed by atoms with Gasteiger partial charge in [0.1, 0.15) is 41.1 Å². The molecule has 0 unspecified atom stereocenters. The number of aliphatic imine (C=N–C) groups is 1. The van der Waals surface area contributed by atoms with Gasteiger partial charge in [-0.05, 0) is 154 Å². The fraction of sp³-hybridized carbons (Fsp3) is 0.302. The van der Waals surface area contributed by atoms with E-state index in [0.29, 0.717) is 76.3 Å². The van der Waals surface area contributed by atoms with Gasteiger partial charge >= 0.3 is 11.4 Å². The molecule has 0 spiro atoms. The van der Waals surface area contributed by atoms with E-state index in [4.69, 9.17) is 17.3 Å². The minimum Gasteiger partial charge on any atom is -0.396 e. The molecule has 0 aliphatic carbocycles. The third-order valence-corrected chi connectivity index (χ3v) is 14.6. The average molecular weight is 1600 g/mol. The molecule has 4 N–H and O–H groups in total. The Kier molecular flexibility index (Phi) is 27.6. The topological polar surface area (TPSA) is 338 Å². The Balaban J connectivity index is 0.000000193. The van der Waals surface area contributed by atoms with Crippen LogP contribution in [-0.4, -0.2) is 136 Å². The van der Waals surface area contributed by atoms with Crippen molar-refractivity contribution >= 4 is 188 Å². The molecular formula is C53H56Br6ClN19O8. The van der Waals surface area contributed by atoms with Crippen molar-refractivity contribution in [3.63, 3.8) is 0 Å². The number of fused-ring (bicyclic) bond motifs is 5. The number of halogens is 7. The van der Waals surface area contributed by atoms with E-state index in [1.165, 1.54) is 24.5 Å². The Labute approximate surface area is 554 Å². The van der Waals surface area contributed by atoms with Crippen molar-refractivity contribution in [3.8, 4) is 5.69 Å². The highest BCUT2D eigenvalue weighted by atomic mass is 79.9. The van der Waals surface area contributed by atoms with Crippen LogP contribution in [0.3, 0.4) is 0 Å². The van der Waals surface area contributed by atoms with Crippen LogP contribution in [0.25, 0.3) is 5.69 Å². The van der Waals surface area contributed by atoms with E-state index in [2.05, 4.69) is 151 Å². The molecule has 3 aliphatic heterocycles. The zero-order valence-corrected chi connectivity index (χ0v) is 57.8. The Morgan fingerprint density at radius 2 is 1.06 bits per heavy atom. The number of likely N-dealkylation sites (N-methyl/N-ethyl adjacent to an activating group) is 1. The lowest BCUT2D eigenvalue weighted by molar-refractivity contribution is -0.385. The molecule has 7 aromatic heterocycles. The minimum absolute atomic E-state index is 0.0136. The number of rotatable bonds is 9. The van der Waals surface area contributed by atoms with Gasteiger partial charge < -0.3 is 21.3 Å². The van der Waals surface area contributed by atoms with E-state index in [-0.39, 0.29) is 59.3 Å². The van der Waals surface area contributed by atoms with Crippen LogP contribution < -0.4 is 31.1 Å². The fourth-order valence-corrected chi connectivity index (χ4v) is 10.1. The summed E-state index contributed by atoms with van der Waals surface area (Å²) in [4.78, 5) is 103. The molecule has 3 amide bonds. The number of nitrogens with two attached hydrogens (primary N) is 1. The first-order valence-electron chi connectivity index (χ1n) is 26.0. The van der Waals surface area contributed by atoms with Crippen LogP contribution in [0.5, 0.6) is 0 Å². The summed E-state index contributed by atoms with van der Waals surface area (Å²) in [7, 11) is 3.78. The molecule has 0 fully saturated rings. The van der Waals surface area contributed by atoms with E-state index < -0.39 is 9.85 Å². The second-order valence-electron chi connectivity index (χ2n) is 18.0. The normalized spacial score (nSPS) is 12.9. The Bertz CT molecular complexity index is 3680. The molecule has 87 heavy (non-hydrogen) atoms. The quantitative estimate of drug-likeness (QED) is 0.0523. The number of anilines is 6. The number of ketones is 1. The van der Waals surface area contributed by atoms with Gasteiger partial charge in [-0.25, -0.2) is 34.9 Å². The number of nitrogens with one attached hydrogen (secondary N) is 2. The number of aromatic nitrogens is 9. The first-order chi connectivity index (χ1) is 41.3. The summed E-state index contributed by atoms with van der Waals surface area (Å²) in [5, 5.41) is 34.4. The summed E-state index contributed by atoms with van der Waals surface area (Å²) in [5.41, 5.74) is 8.46. The van der Waals surface area contributed by atoms with E-state index in [1.807, 2.05) is 77.9 Å². The zero-order valence-electron chi connectivity index (χ0n) is 47.5. The number of hydrogen-bond acceptors (Lipinski definition) is 21. The molecule has 27 nitrogen and oxygen atoms in total. The first-order valence-corrected chi connectivity index (χ1v) is 31.1. The summed E-state index contributed by atoms with van der Waals surface area (Å²) < 4.78 is 6.37. The molecule has 34 heteroatoms. The number of amidine groups is 1. The first kappa shape index (κ1) is 70.7. The molecule has 0 atom stereocenters. The van der Waals surface area contributed by atoms with Crippen molar-refractivity contribution in [1.82, 2.24) is 49.6 Å². The molecule has 0 bridgehead atoms. The van der Waals surface area contributed by atoms with Crippen molar-refractivity contribution < 1.29 is 29.0 Å². The SMILES string of the molecule is CCN1C(=O)CC(=O)Cc2cc(Br)cnc21.CCN1C(=O)CC(N(C)C)=Nc2cc(Br)cnc21.CCN1C(=O)Cc2nncn2-c2cc(Br)cnc21.CCNc1ncc(Br)cc1N.CCNc1ncc(Br)cc1[N+](=O)[O-].O=[N+]([O-])c1cc(Br)cnc1Cl. The second-order valence-corrected chi connectivity index (χ2v) is 23.8. The van der Waals surface area contributed by atoms with E-state index in [9.17, 15) is 39.4 Å². The van der Waals surface area contributed by atoms with Gasteiger partial charge in [-0.15, -0.1) is 10.2 Å². The smallest absolute Gasteiger partial charge is 0.312 e. The van der Waals surface area contributed by atoms with Crippen LogP contribution in [0.2, 0.25) is 5.15 Å². The third-order valence-electron chi connectivity index (χ3n) is 11.7. The third kappa shape index (κ3) is 20.0. The predicted molar refractivity (Wildman–Crippen MR) is 354 cm³/mol. The van der Waals surface area contributed by atoms with Crippen LogP contribution in [0, 0.1) is 20.2 Å². The molecule has 0 radical (unpaired) electrons. The molecule has 0 aromatic carbocycles. The number of nitrogens with zero attached hydrogens (tertiary/aromatic N) is 16. The van der Waals surface area contributed by atoms with Crippen molar-refractivity contribution in [2.24, 2.45) is 4.99 Å². The Morgan fingerprint density at radius 1 is 0.586 bits per heavy atom.